The summed E-state index contributed by atoms with van der Waals surface area (Å²) in [6.07, 6.45) is 28.4. The molecule has 25 nitrogen and oxygen atoms in total. The van der Waals surface area contributed by atoms with Gasteiger partial charge in [-0.3, -0.25) is 43.2 Å². The molecule has 12 unspecified atom stereocenters. The third-order valence-corrected chi connectivity index (χ3v) is 18.0. The molecule has 3 rings (SSSR count). The largest absolute Gasteiger partial charge is 0.480 e. The number of likely N-dealkylation sites (tertiary alicyclic amines) is 1. The summed E-state index contributed by atoms with van der Waals surface area (Å²) in [5.41, 5.74) is 36.7. The Morgan fingerprint density at radius 1 is 0.624 bits per heavy atom. The summed E-state index contributed by atoms with van der Waals surface area (Å²) >= 11 is 0. The molecule has 2 fully saturated rings. The van der Waals surface area contributed by atoms with Gasteiger partial charge in [0.1, 0.15) is 30.2 Å². The zero-order valence-electron chi connectivity index (χ0n) is 56.2. The minimum Gasteiger partial charge on any atom is -0.480 e. The van der Waals surface area contributed by atoms with Crippen LogP contribution in [0.2, 0.25) is 0 Å². The number of hydrogen-bond acceptors (Lipinski definition) is 16. The summed E-state index contributed by atoms with van der Waals surface area (Å²) in [7, 11) is 0. The van der Waals surface area contributed by atoms with Crippen molar-refractivity contribution in [1.82, 2.24) is 36.8 Å². The van der Waals surface area contributed by atoms with E-state index in [1.54, 1.807) is 30.3 Å². The molecule has 0 radical (unpaired) electrons. The number of unbranched alkanes of at least 4 members (excludes halogenated alkanes) is 16. The Balaban J connectivity index is 1.31. The third kappa shape index (κ3) is 36.0. The van der Waals surface area contributed by atoms with Gasteiger partial charge in [0.15, 0.2) is 0 Å². The van der Waals surface area contributed by atoms with Gasteiger partial charge in [-0.15, -0.1) is 0 Å². The summed E-state index contributed by atoms with van der Waals surface area (Å²) in [4.78, 5) is 121. The fourth-order valence-electron chi connectivity index (χ4n) is 12.4. The Bertz CT molecular complexity index is 2360. The molecule has 21 N–H and O–H groups in total. The average Bonchev–Trinajstić information content (AvgIpc) is 1.81. The Kier molecular flexibility index (Phi) is 41.2. The Morgan fingerprint density at radius 2 is 1.12 bits per heavy atom. The standard InChI is InChI=1S/C68H121N13O12/c1-46(69)27-16-7-3-8-19-30-49(70)31-20-9-4-10-21-32-50(71)33-22-11-5-12-23-34-51(72)35-24-13-6-14-25-36-52(82)38-39-75-60(85)45-58(83)57-37-26-40-81(57)67(91)63-47(2)76-62(87)44-56(65(89)78-55(43-59(74)84)66(90)80-63)79-64(88)54(41-48-28-17-15-18-29-48)77-61(86)42-53(73)68(92)93/h15,17-18,28-29,46-47,49-58,63,82-83H,3-14,16,19-27,30-45,69-73H2,1-2H3,(H2,74,84)(H,75,85)(H,76,87)(H,77,86)(H,78,89)(H,79,88)(H,80,90)(H,92,93)/t46?,47?,49?,50?,51?,52?,53?,54-,55?,56?,57?,58?,63?/m0/s1. The molecule has 93 heavy (non-hydrogen) atoms. The number of nitrogens with one attached hydrogen (secondary N) is 6. The van der Waals surface area contributed by atoms with Crippen LogP contribution in [0.15, 0.2) is 30.3 Å². The second-order valence-corrected chi connectivity index (χ2v) is 26.7. The number of aliphatic carboxylic acids is 1. The van der Waals surface area contributed by atoms with Crippen LogP contribution in [0.25, 0.3) is 0 Å². The van der Waals surface area contributed by atoms with E-state index < -0.39 is 127 Å². The van der Waals surface area contributed by atoms with E-state index in [9.17, 15) is 58.5 Å². The van der Waals surface area contributed by atoms with Crippen LogP contribution in [0.1, 0.15) is 244 Å². The smallest absolute Gasteiger partial charge is 0.321 e. The Labute approximate surface area is 553 Å². The van der Waals surface area contributed by atoms with Crippen molar-refractivity contribution in [3.63, 3.8) is 0 Å². The topological polar surface area (TPSA) is 446 Å². The minimum atomic E-state index is -1.72. The van der Waals surface area contributed by atoms with Crippen molar-refractivity contribution >= 4 is 53.2 Å². The number of benzene rings is 1. The Hall–Kier alpha value is -5.83. The summed E-state index contributed by atoms with van der Waals surface area (Å²) in [5, 5.41) is 46.4. The van der Waals surface area contributed by atoms with E-state index in [1.165, 1.54) is 102 Å². The highest BCUT2D eigenvalue weighted by Gasteiger charge is 2.42. The van der Waals surface area contributed by atoms with E-state index in [0.717, 1.165) is 83.5 Å². The van der Waals surface area contributed by atoms with Gasteiger partial charge in [0, 0.05) is 43.7 Å². The van der Waals surface area contributed by atoms with Crippen LogP contribution in [-0.4, -0.2) is 165 Å². The number of carbonyl (C=O) groups is 9. The number of amides is 8. The molecule has 1 aromatic rings. The van der Waals surface area contributed by atoms with Crippen LogP contribution < -0.4 is 66.3 Å². The van der Waals surface area contributed by atoms with Gasteiger partial charge in [0.2, 0.25) is 47.3 Å². The number of aliphatic hydroxyl groups is 2. The van der Waals surface area contributed by atoms with Crippen molar-refractivity contribution in [2.75, 3.05) is 13.1 Å². The van der Waals surface area contributed by atoms with Crippen molar-refractivity contribution in [1.29, 1.82) is 0 Å². The van der Waals surface area contributed by atoms with Gasteiger partial charge in [-0.2, -0.15) is 0 Å². The zero-order chi connectivity index (χ0) is 68.5. The molecule has 0 aliphatic carbocycles. The molecule has 530 valence electrons. The SMILES string of the molecule is CC(N)CCCCCCCC(N)CCCCCCCC(N)CCCCCCCC(N)CCCCCCCC(O)CCNC(=O)CC(O)C1CCCN1C(=O)C1NC(=O)C(CC(N)=O)NC(=O)C(NC(=O)[C@H](Cc2ccccc2)NC(=O)CC(N)C(=O)O)CC(=O)NC1C. The van der Waals surface area contributed by atoms with E-state index in [0.29, 0.717) is 49.4 Å². The van der Waals surface area contributed by atoms with E-state index in [2.05, 4.69) is 38.8 Å². The van der Waals surface area contributed by atoms with Gasteiger partial charge < -0.3 is 86.5 Å². The van der Waals surface area contributed by atoms with Crippen LogP contribution in [0.3, 0.4) is 0 Å². The van der Waals surface area contributed by atoms with Crippen LogP contribution in [0, 0.1) is 0 Å². The molecule has 0 saturated carbocycles. The number of carbonyl (C=O) groups excluding carboxylic acids is 8. The van der Waals surface area contributed by atoms with E-state index in [-0.39, 0.29) is 32.0 Å². The molecule has 25 heteroatoms. The van der Waals surface area contributed by atoms with E-state index in [1.807, 2.05) is 0 Å². The molecule has 13 atom stereocenters. The van der Waals surface area contributed by atoms with Crippen molar-refractivity contribution < 1.29 is 58.5 Å². The number of nitrogens with zero attached hydrogens (tertiary/aromatic N) is 1. The minimum absolute atomic E-state index is 0.126. The fourth-order valence-corrected chi connectivity index (χ4v) is 12.4. The lowest BCUT2D eigenvalue weighted by Crippen LogP contribution is -2.62. The number of rotatable bonds is 49. The van der Waals surface area contributed by atoms with Gasteiger partial charge >= 0.3 is 5.97 Å². The maximum atomic E-state index is 14.4. The lowest BCUT2D eigenvalue weighted by Gasteiger charge is -2.34. The first-order valence-corrected chi connectivity index (χ1v) is 35.2. The Morgan fingerprint density at radius 3 is 1.61 bits per heavy atom. The first-order valence-electron chi connectivity index (χ1n) is 35.2. The number of primary amides is 1. The monoisotopic (exact) mass is 1310 g/mol. The third-order valence-electron chi connectivity index (χ3n) is 18.0. The van der Waals surface area contributed by atoms with Crippen molar-refractivity contribution in [2.45, 2.75) is 324 Å². The van der Waals surface area contributed by atoms with Crippen molar-refractivity contribution in [2.24, 2.45) is 34.4 Å². The predicted molar refractivity (Wildman–Crippen MR) is 360 cm³/mol. The van der Waals surface area contributed by atoms with Gasteiger partial charge in [0.25, 0.3) is 0 Å². The van der Waals surface area contributed by atoms with Crippen LogP contribution >= 0.6 is 0 Å². The molecule has 0 spiro atoms. The molecule has 2 heterocycles. The number of aliphatic hydroxyl groups excluding tert-OH is 2. The molecular formula is C68H121N13O12. The van der Waals surface area contributed by atoms with Gasteiger partial charge in [0.05, 0.1) is 50.0 Å². The second-order valence-electron chi connectivity index (χ2n) is 26.7. The molecule has 0 aromatic heterocycles. The van der Waals surface area contributed by atoms with Gasteiger partial charge in [-0.05, 0) is 90.0 Å². The highest BCUT2D eigenvalue weighted by Crippen LogP contribution is 2.25. The lowest BCUT2D eigenvalue weighted by atomic mass is 9.98. The lowest BCUT2D eigenvalue weighted by molar-refractivity contribution is -0.141. The molecule has 2 aliphatic heterocycles. The maximum Gasteiger partial charge on any atom is 0.321 e. The first kappa shape index (κ1) is 81.4. The van der Waals surface area contributed by atoms with E-state index in [4.69, 9.17) is 34.4 Å². The molecule has 0 bridgehead atoms. The van der Waals surface area contributed by atoms with Crippen molar-refractivity contribution in [3.8, 4) is 0 Å². The highest BCUT2D eigenvalue weighted by molar-refractivity contribution is 5.99. The number of carboxylic acids is 1. The van der Waals surface area contributed by atoms with Gasteiger partial charge in [-0.1, -0.05) is 159 Å². The number of hydrogen-bond donors (Lipinski definition) is 15. The normalized spacial score (nSPS) is 20.5. The summed E-state index contributed by atoms with van der Waals surface area (Å²) < 4.78 is 0. The van der Waals surface area contributed by atoms with Crippen molar-refractivity contribution in [3.05, 3.63) is 35.9 Å². The molecular weight excluding hydrogens is 1190 g/mol. The zero-order valence-corrected chi connectivity index (χ0v) is 56.2. The first-order chi connectivity index (χ1) is 44.4. The summed E-state index contributed by atoms with van der Waals surface area (Å²) in [6, 6.07) is -0.402. The highest BCUT2D eigenvalue weighted by atomic mass is 16.4. The van der Waals surface area contributed by atoms with E-state index >= 15 is 0 Å². The molecule has 1 aromatic carbocycles. The molecule has 2 aliphatic rings. The van der Waals surface area contributed by atoms with Gasteiger partial charge in [-0.25, -0.2) is 0 Å². The summed E-state index contributed by atoms with van der Waals surface area (Å²) in [6.45, 7) is 3.80. The fraction of sp³-hybridized carbons (Fsp3) is 0.779. The second kappa shape index (κ2) is 47.1. The molecule has 8 amide bonds. The average molecular weight is 1310 g/mol. The number of carboxylic acid groups (broad SMARTS) is 1. The molecule has 2 saturated heterocycles. The predicted octanol–water partition coefficient (Wildman–Crippen LogP) is 3.62. The number of nitrogens with two attached hydrogens (primary N) is 6. The summed E-state index contributed by atoms with van der Waals surface area (Å²) in [5.74, 6) is -8.53. The quantitative estimate of drug-likeness (QED) is 0.0414. The maximum absolute atomic E-state index is 14.4. The van der Waals surface area contributed by atoms with Crippen LogP contribution in [0.4, 0.5) is 0 Å². The van der Waals surface area contributed by atoms with Crippen LogP contribution in [0.5, 0.6) is 0 Å². The van der Waals surface area contributed by atoms with Crippen LogP contribution in [-0.2, 0) is 49.6 Å².